The fourth-order valence-electron chi connectivity index (χ4n) is 0.923. The topological polar surface area (TPSA) is 79.3 Å². The first-order chi connectivity index (χ1) is 7.57. The Kier molecular flexibility index (Phi) is 4.28. The van der Waals surface area contributed by atoms with E-state index in [0.717, 1.165) is 0 Å². The maximum absolute atomic E-state index is 11.3. The van der Waals surface area contributed by atoms with E-state index in [9.17, 15) is 8.42 Å². The van der Waals surface area contributed by atoms with E-state index >= 15 is 0 Å². The molecule has 16 heavy (non-hydrogen) atoms. The van der Waals surface area contributed by atoms with Gasteiger partial charge in [-0.25, -0.2) is 13.4 Å². The van der Waals surface area contributed by atoms with Gasteiger partial charge in [0.05, 0.1) is 5.75 Å². The maximum atomic E-state index is 11.3. The molecule has 1 aromatic heterocycles. The number of nitrogens with one attached hydrogen (secondary N) is 1. The van der Waals surface area contributed by atoms with Gasteiger partial charge in [0.1, 0.15) is 18.1 Å². The molecule has 86 valence electrons. The Morgan fingerprint density at radius 1 is 1.50 bits per heavy atom. The van der Waals surface area contributed by atoms with Gasteiger partial charge < -0.3 is 5.11 Å². The number of hydrogen-bond donors (Lipinski definition) is 2. The van der Waals surface area contributed by atoms with E-state index in [-0.39, 0.29) is 18.2 Å². The fraction of sp³-hybridized carbons (Fsp3) is 0.300. The van der Waals surface area contributed by atoms with Crippen LogP contribution in [0.25, 0.3) is 0 Å². The first-order valence-electron chi connectivity index (χ1n) is 4.64. The average molecular weight is 240 g/mol. The summed E-state index contributed by atoms with van der Waals surface area (Å²) in [4.78, 5) is 3.97. The molecule has 2 N–H and O–H groups in total. The molecule has 0 radical (unpaired) electrons. The first-order valence-corrected chi connectivity index (χ1v) is 6.30. The van der Waals surface area contributed by atoms with Crippen LogP contribution in [0.15, 0.2) is 18.2 Å². The summed E-state index contributed by atoms with van der Waals surface area (Å²) in [7, 11) is -3.32. The number of sulfonamides is 1. The Morgan fingerprint density at radius 3 is 2.88 bits per heavy atom. The zero-order valence-electron chi connectivity index (χ0n) is 8.77. The minimum absolute atomic E-state index is 0.0127. The number of aliphatic hydroxyl groups is 1. The van der Waals surface area contributed by atoms with E-state index in [1.807, 2.05) is 0 Å². The quantitative estimate of drug-likeness (QED) is 0.739. The summed E-state index contributed by atoms with van der Waals surface area (Å²) >= 11 is 0. The number of nitrogens with zero attached hydrogens (tertiary/aromatic N) is 1. The highest BCUT2D eigenvalue weighted by Crippen LogP contribution is 2.06. The van der Waals surface area contributed by atoms with Crippen molar-refractivity contribution in [2.45, 2.75) is 6.92 Å². The van der Waals surface area contributed by atoms with E-state index in [1.54, 1.807) is 12.1 Å². The lowest BCUT2D eigenvalue weighted by molar-refractivity contribution is 0.350. The zero-order valence-corrected chi connectivity index (χ0v) is 9.58. The van der Waals surface area contributed by atoms with E-state index in [4.69, 9.17) is 5.11 Å². The Morgan fingerprint density at radius 2 is 2.25 bits per heavy atom. The van der Waals surface area contributed by atoms with Crippen molar-refractivity contribution in [3.63, 3.8) is 0 Å². The molecule has 1 heterocycles. The Balaban J connectivity index is 2.91. The van der Waals surface area contributed by atoms with Crippen LogP contribution < -0.4 is 4.72 Å². The average Bonchev–Trinajstić information content (AvgIpc) is 2.26. The lowest BCUT2D eigenvalue weighted by Gasteiger charge is -2.04. The Bertz CT molecular complexity index is 514. The Hall–Kier alpha value is -1.58. The summed E-state index contributed by atoms with van der Waals surface area (Å²) < 4.78 is 24.8. The predicted octanol–water partition coefficient (Wildman–Crippen LogP) is 0.187. The summed E-state index contributed by atoms with van der Waals surface area (Å²) in [5, 5.41) is 8.51. The maximum Gasteiger partial charge on any atom is 0.233 e. The molecule has 6 heteroatoms. The molecule has 0 amide bonds. The number of pyridine rings is 1. The number of hydrogen-bond acceptors (Lipinski definition) is 4. The van der Waals surface area contributed by atoms with Crippen LogP contribution in [0.5, 0.6) is 0 Å². The lowest BCUT2D eigenvalue weighted by atomic mass is 10.3. The lowest BCUT2D eigenvalue weighted by Crippen LogP contribution is -2.15. The van der Waals surface area contributed by atoms with Gasteiger partial charge in [-0.3, -0.25) is 4.72 Å². The van der Waals surface area contributed by atoms with E-state index in [0.29, 0.717) is 5.69 Å². The molecule has 0 atom stereocenters. The van der Waals surface area contributed by atoms with Gasteiger partial charge in [0.2, 0.25) is 10.0 Å². The van der Waals surface area contributed by atoms with Crippen LogP contribution in [0.4, 0.5) is 5.82 Å². The van der Waals surface area contributed by atoms with Gasteiger partial charge in [0, 0.05) is 0 Å². The summed E-state index contributed by atoms with van der Waals surface area (Å²) in [5.74, 6) is 5.24. The highest BCUT2D eigenvalue weighted by atomic mass is 32.2. The van der Waals surface area contributed by atoms with Crippen molar-refractivity contribution < 1.29 is 13.5 Å². The third-order valence-electron chi connectivity index (χ3n) is 1.68. The van der Waals surface area contributed by atoms with Crippen LogP contribution in [-0.2, 0) is 10.0 Å². The summed E-state index contributed by atoms with van der Waals surface area (Å²) in [6.45, 7) is 1.28. The molecule has 0 aliphatic heterocycles. The van der Waals surface area contributed by atoms with E-state index in [2.05, 4.69) is 21.5 Å². The van der Waals surface area contributed by atoms with Crippen molar-refractivity contribution in [3.8, 4) is 11.8 Å². The fourth-order valence-corrected chi connectivity index (χ4v) is 1.50. The molecule has 0 saturated heterocycles. The molecule has 0 saturated carbocycles. The number of anilines is 1. The predicted molar refractivity (Wildman–Crippen MR) is 61.3 cm³/mol. The number of aliphatic hydroxyl groups excluding tert-OH is 1. The van der Waals surface area contributed by atoms with Crippen LogP contribution in [0.2, 0.25) is 0 Å². The van der Waals surface area contributed by atoms with Crippen molar-refractivity contribution in [1.82, 2.24) is 4.98 Å². The molecular formula is C10H12N2O3S. The summed E-state index contributed by atoms with van der Waals surface area (Å²) in [6, 6.07) is 4.81. The van der Waals surface area contributed by atoms with Gasteiger partial charge in [-0.15, -0.1) is 0 Å². The minimum Gasteiger partial charge on any atom is -0.384 e. The normalized spacial score (nSPS) is 10.4. The van der Waals surface area contributed by atoms with Crippen molar-refractivity contribution in [2.75, 3.05) is 17.1 Å². The molecule has 5 nitrogen and oxygen atoms in total. The largest absolute Gasteiger partial charge is 0.384 e. The van der Waals surface area contributed by atoms with Crippen molar-refractivity contribution in [3.05, 3.63) is 23.9 Å². The van der Waals surface area contributed by atoms with Gasteiger partial charge in [-0.2, -0.15) is 0 Å². The van der Waals surface area contributed by atoms with Crippen molar-refractivity contribution in [2.24, 2.45) is 0 Å². The molecule has 1 aromatic rings. The summed E-state index contributed by atoms with van der Waals surface area (Å²) in [6.07, 6.45) is 0. The van der Waals surface area contributed by atoms with Gasteiger partial charge in [-0.05, 0) is 25.0 Å². The molecule has 0 aliphatic carbocycles. The molecular weight excluding hydrogens is 228 g/mol. The second kappa shape index (κ2) is 5.49. The molecule has 0 bridgehead atoms. The molecule has 0 aliphatic rings. The third kappa shape index (κ3) is 3.88. The van der Waals surface area contributed by atoms with E-state index in [1.165, 1.54) is 13.0 Å². The highest BCUT2D eigenvalue weighted by molar-refractivity contribution is 7.92. The van der Waals surface area contributed by atoms with Gasteiger partial charge >= 0.3 is 0 Å². The molecule has 0 fully saturated rings. The minimum atomic E-state index is -3.32. The molecule has 0 spiro atoms. The summed E-state index contributed by atoms with van der Waals surface area (Å²) in [5.41, 5.74) is 0.408. The van der Waals surface area contributed by atoms with Gasteiger partial charge in [0.15, 0.2) is 0 Å². The highest BCUT2D eigenvalue weighted by Gasteiger charge is 2.07. The second-order valence-corrected chi connectivity index (χ2v) is 4.88. The van der Waals surface area contributed by atoms with Crippen LogP contribution in [-0.4, -0.2) is 30.9 Å². The van der Waals surface area contributed by atoms with Crippen LogP contribution in [0.3, 0.4) is 0 Å². The molecule has 0 aromatic carbocycles. The van der Waals surface area contributed by atoms with E-state index < -0.39 is 10.0 Å². The number of aromatic nitrogens is 1. The van der Waals surface area contributed by atoms with Crippen molar-refractivity contribution >= 4 is 15.8 Å². The second-order valence-electron chi connectivity index (χ2n) is 2.87. The zero-order chi connectivity index (χ0) is 12.0. The Labute approximate surface area is 94.6 Å². The van der Waals surface area contributed by atoms with Gasteiger partial charge in [-0.1, -0.05) is 12.0 Å². The standard InChI is InChI=1S/C10H12N2O3S/c1-2-16(14,15)12-10-7-3-5-9(11-10)6-4-8-13/h3,5,7,13H,2,8H2,1H3,(H,11,12). The van der Waals surface area contributed by atoms with Crippen LogP contribution >= 0.6 is 0 Å². The monoisotopic (exact) mass is 240 g/mol. The smallest absolute Gasteiger partial charge is 0.233 e. The van der Waals surface area contributed by atoms with Crippen LogP contribution in [0.1, 0.15) is 12.6 Å². The molecule has 1 rings (SSSR count). The molecule has 0 unspecified atom stereocenters. The first kappa shape index (κ1) is 12.5. The third-order valence-corrected chi connectivity index (χ3v) is 2.96. The SMILES string of the molecule is CCS(=O)(=O)Nc1cccc(C#CCO)n1. The number of rotatable bonds is 3. The van der Waals surface area contributed by atoms with Crippen LogP contribution in [0, 0.1) is 11.8 Å². The van der Waals surface area contributed by atoms with Gasteiger partial charge in [0.25, 0.3) is 0 Å². The van der Waals surface area contributed by atoms with Crippen molar-refractivity contribution in [1.29, 1.82) is 0 Å².